The molecule has 3 fully saturated rings. The van der Waals surface area contributed by atoms with Gasteiger partial charge in [0.2, 0.25) is 0 Å². The Morgan fingerprint density at radius 2 is 2.17 bits per heavy atom. The molecule has 2 heterocycles. The van der Waals surface area contributed by atoms with Crippen LogP contribution in [0.1, 0.15) is 33.1 Å². The van der Waals surface area contributed by atoms with Crippen LogP contribution in [0.3, 0.4) is 0 Å². The first kappa shape index (κ1) is 11.2. The third kappa shape index (κ3) is 1.11. The molecule has 0 bridgehead atoms. The highest BCUT2D eigenvalue weighted by atomic mass is 16.7. The molecule has 0 aromatic heterocycles. The van der Waals surface area contributed by atoms with Crippen LogP contribution in [0.25, 0.3) is 0 Å². The molecule has 1 spiro atoms. The average molecular weight is 248 g/mol. The summed E-state index contributed by atoms with van der Waals surface area (Å²) in [5, 5.41) is 0. The molecule has 4 atom stereocenters. The summed E-state index contributed by atoms with van der Waals surface area (Å²) >= 11 is 0. The molecular formula is C15H20O3. The van der Waals surface area contributed by atoms with Crippen molar-refractivity contribution in [1.29, 1.82) is 0 Å². The van der Waals surface area contributed by atoms with E-state index in [4.69, 9.17) is 9.47 Å². The van der Waals surface area contributed by atoms with Gasteiger partial charge in [-0.15, -0.1) is 0 Å². The lowest BCUT2D eigenvalue weighted by atomic mass is 9.48. The minimum atomic E-state index is -0.207. The fourth-order valence-electron chi connectivity index (χ4n) is 4.94. The van der Waals surface area contributed by atoms with Gasteiger partial charge in [-0.2, -0.15) is 0 Å². The number of hydrogen-bond donors (Lipinski definition) is 0. The molecule has 4 aliphatic rings. The van der Waals surface area contributed by atoms with Gasteiger partial charge >= 0.3 is 0 Å². The van der Waals surface area contributed by atoms with Crippen LogP contribution < -0.4 is 0 Å². The molecule has 18 heavy (non-hydrogen) atoms. The summed E-state index contributed by atoms with van der Waals surface area (Å²) in [4.78, 5) is 12.2. The van der Waals surface area contributed by atoms with Gasteiger partial charge in [-0.25, -0.2) is 0 Å². The predicted octanol–water partition coefficient (Wildman–Crippen LogP) is 2.31. The Bertz CT molecular complexity index is 451. The van der Waals surface area contributed by atoms with Gasteiger partial charge in [0.15, 0.2) is 6.29 Å². The van der Waals surface area contributed by atoms with E-state index in [0.717, 1.165) is 26.1 Å². The molecule has 1 saturated carbocycles. The van der Waals surface area contributed by atoms with Crippen LogP contribution in [0, 0.1) is 22.7 Å². The topological polar surface area (TPSA) is 35.5 Å². The highest BCUT2D eigenvalue weighted by molar-refractivity contribution is 5.85. The lowest BCUT2D eigenvalue weighted by Gasteiger charge is -2.53. The van der Waals surface area contributed by atoms with E-state index in [0.29, 0.717) is 24.0 Å². The van der Waals surface area contributed by atoms with Gasteiger partial charge in [-0.1, -0.05) is 19.9 Å². The first-order valence-corrected chi connectivity index (χ1v) is 7.01. The minimum Gasteiger partial charge on any atom is -0.351 e. The molecule has 2 saturated heterocycles. The fraction of sp³-hybridized carbons (Fsp3) is 0.800. The second kappa shape index (κ2) is 3.26. The molecular weight excluding hydrogens is 228 g/mol. The average Bonchev–Trinajstić information content (AvgIpc) is 2.91. The normalized spacial score (nSPS) is 48.7. The summed E-state index contributed by atoms with van der Waals surface area (Å²) in [6.07, 6.45) is 5.00. The van der Waals surface area contributed by atoms with E-state index < -0.39 is 0 Å². The van der Waals surface area contributed by atoms with Crippen LogP contribution in [-0.2, 0) is 14.3 Å². The molecule has 0 amide bonds. The Morgan fingerprint density at radius 1 is 1.33 bits per heavy atom. The Labute approximate surface area is 108 Å². The minimum absolute atomic E-state index is 0.0388. The molecule has 98 valence electrons. The Hall–Kier alpha value is -0.670. The number of rotatable bonds is 0. The quantitative estimate of drug-likeness (QED) is 0.617. The zero-order valence-electron chi connectivity index (χ0n) is 11.1. The summed E-state index contributed by atoms with van der Waals surface area (Å²) in [6.45, 7) is 5.77. The van der Waals surface area contributed by atoms with Crippen molar-refractivity contribution in [3.63, 3.8) is 0 Å². The van der Waals surface area contributed by atoms with Crippen molar-refractivity contribution < 1.29 is 14.3 Å². The molecule has 0 N–H and O–H groups in total. The molecule has 0 aromatic rings. The standard InChI is InChI=1S/C15H20O3/c1-14(2)10-4-3-9-7-17-13-12(9)15(10,8-18-13)6-5-11(14)16/h3,10,12-13H,4-8H2,1-2H3/t10-,12-,13-,15-/m1/s1. The predicted molar refractivity (Wildman–Crippen MR) is 65.8 cm³/mol. The van der Waals surface area contributed by atoms with E-state index in [1.807, 2.05) is 0 Å². The van der Waals surface area contributed by atoms with E-state index in [1.54, 1.807) is 0 Å². The molecule has 2 aliphatic heterocycles. The summed E-state index contributed by atoms with van der Waals surface area (Å²) in [5.41, 5.74) is 1.39. The van der Waals surface area contributed by atoms with Gasteiger partial charge in [-0.05, 0) is 24.3 Å². The first-order chi connectivity index (χ1) is 8.56. The van der Waals surface area contributed by atoms with Crippen molar-refractivity contribution >= 4 is 5.78 Å². The summed E-state index contributed by atoms with van der Waals surface area (Å²) in [5.74, 6) is 1.27. The van der Waals surface area contributed by atoms with Crippen molar-refractivity contribution in [1.82, 2.24) is 0 Å². The largest absolute Gasteiger partial charge is 0.351 e. The maximum atomic E-state index is 12.2. The molecule has 0 aromatic carbocycles. The number of ketones is 1. The van der Waals surface area contributed by atoms with Crippen LogP contribution in [0.5, 0.6) is 0 Å². The lowest BCUT2D eigenvalue weighted by molar-refractivity contribution is -0.142. The molecule has 0 unspecified atom stereocenters. The van der Waals surface area contributed by atoms with E-state index in [2.05, 4.69) is 19.9 Å². The van der Waals surface area contributed by atoms with Gasteiger partial charge in [0.25, 0.3) is 0 Å². The van der Waals surface area contributed by atoms with Gasteiger partial charge in [0, 0.05) is 23.2 Å². The number of hydrogen-bond acceptors (Lipinski definition) is 3. The van der Waals surface area contributed by atoms with Crippen LogP contribution in [0.2, 0.25) is 0 Å². The van der Waals surface area contributed by atoms with Crippen LogP contribution >= 0.6 is 0 Å². The lowest BCUT2D eigenvalue weighted by Crippen LogP contribution is -2.53. The zero-order chi connectivity index (χ0) is 12.5. The highest BCUT2D eigenvalue weighted by Gasteiger charge is 2.64. The summed E-state index contributed by atoms with van der Waals surface area (Å²) in [6, 6.07) is 0. The van der Waals surface area contributed by atoms with Crippen molar-refractivity contribution in [3.05, 3.63) is 11.6 Å². The second-order valence-electron chi connectivity index (χ2n) is 6.91. The van der Waals surface area contributed by atoms with Crippen molar-refractivity contribution in [2.24, 2.45) is 22.7 Å². The molecule has 0 radical (unpaired) electrons. The third-order valence-corrected chi connectivity index (χ3v) is 5.94. The number of carbonyl (C=O) groups excluding carboxylic acids is 1. The smallest absolute Gasteiger partial charge is 0.165 e. The molecule has 3 nitrogen and oxygen atoms in total. The summed E-state index contributed by atoms with van der Waals surface area (Å²) < 4.78 is 11.7. The third-order valence-electron chi connectivity index (χ3n) is 5.94. The molecule has 2 aliphatic carbocycles. The second-order valence-corrected chi connectivity index (χ2v) is 6.91. The van der Waals surface area contributed by atoms with E-state index in [-0.39, 0.29) is 17.1 Å². The fourth-order valence-corrected chi connectivity index (χ4v) is 4.94. The van der Waals surface area contributed by atoms with Gasteiger partial charge < -0.3 is 9.47 Å². The number of Topliss-reactive ketones (excluding diaryl/α,β-unsaturated/α-hetero) is 1. The molecule has 4 rings (SSSR count). The SMILES string of the molecule is CC1(C)C(=O)CC[C@@]23CO[C@H]4OCC(=CC[C@H]12)[C@H]43. The van der Waals surface area contributed by atoms with Crippen molar-refractivity contribution in [2.75, 3.05) is 13.2 Å². The van der Waals surface area contributed by atoms with Crippen LogP contribution in [0.4, 0.5) is 0 Å². The first-order valence-electron chi connectivity index (χ1n) is 7.01. The number of allylic oxidation sites excluding steroid dienone is 1. The Kier molecular flexibility index (Phi) is 2.02. The van der Waals surface area contributed by atoms with Crippen molar-refractivity contribution in [2.45, 2.75) is 39.4 Å². The maximum absolute atomic E-state index is 12.2. The Morgan fingerprint density at radius 3 is 3.00 bits per heavy atom. The van der Waals surface area contributed by atoms with Crippen molar-refractivity contribution in [3.8, 4) is 0 Å². The summed E-state index contributed by atoms with van der Waals surface area (Å²) in [7, 11) is 0. The van der Waals surface area contributed by atoms with Gasteiger partial charge in [-0.3, -0.25) is 4.79 Å². The van der Waals surface area contributed by atoms with E-state index in [9.17, 15) is 4.79 Å². The van der Waals surface area contributed by atoms with Crippen LogP contribution in [-0.4, -0.2) is 25.3 Å². The zero-order valence-corrected chi connectivity index (χ0v) is 11.1. The number of carbonyl (C=O) groups is 1. The Balaban J connectivity index is 1.84. The monoisotopic (exact) mass is 248 g/mol. The maximum Gasteiger partial charge on any atom is 0.165 e. The number of ether oxygens (including phenoxy) is 2. The van der Waals surface area contributed by atoms with Crippen LogP contribution in [0.15, 0.2) is 11.6 Å². The highest BCUT2D eigenvalue weighted by Crippen LogP contribution is 2.63. The van der Waals surface area contributed by atoms with E-state index in [1.165, 1.54) is 5.57 Å². The molecule has 3 heteroatoms. The van der Waals surface area contributed by atoms with Gasteiger partial charge in [0.1, 0.15) is 5.78 Å². The van der Waals surface area contributed by atoms with Gasteiger partial charge in [0.05, 0.1) is 13.2 Å². The van der Waals surface area contributed by atoms with E-state index >= 15 is 0 Å².